The maximum absolute atomic E-state index is 13.7. The SMILES string of the molecule is CC.CN.Cc1cccc(Cc2ccc(-c3cccnc3)c(C(=O)NC3CC(C)(C)N(C)C(C)(C)C3)n2)c1N. The first kappa shape index (κ1) is 31.9. The number of aromatic nitrogens is 2. The summed E-state index contributed by atoms with van der Waals surface area (Å²) in [5, 5.41) is 3.32. The van der Waals surface area contributed by atoms with Gasteiger partial charge in [0.1, 0.15) is 5.69 Å². The first-order chi connectivity index (χ1) is 18.5. The molecule has 0 aliphatic carbocycles. The Kier molecular flexibility index (Phi) is 11.2. The van der Waals surface area contributed by atoms with E-state index < -0.39 is 0 Å². The van der Waals surface area contributed by atoms with Crippen molar-refractivity contribution in [1.82, 2.24) is 20.2 Å². The van der Waals surface area contributed by atoms with Crippen LogP contribution in [-0.2, 0) is 6.42 Å². The van der Waals surface area contributed by atoms with Crippen molar-refractivity contribution in [3.05, 3.63) is 77.4 Å². The number of nitrogens with one attached hydrogen (secondary N) is 1. The van der Waals surface area contributed by atoms with Gasteiger partial charge in [-0.05, 0) is 84.8 Å². The van der Waals surface area contributed by atoms with Crippen LogP contribution in [-0.4, -0.2) is 52.0 Å². The number of nitrogen functional groups attached to an aromatic ring is 1. The van der Waals surface area contributed by atoms with Crippen LogP contribution < -0.4 is 16.8 Å². The van der Waals surface area contributed by atoms with E-state index in [1.807, 2.05) is 63.2 Å². The lowest BCUT2D eigenvalue weighted by molar-refractivity contribution is -0.0169. The van der Waals surface area contributed by atoms with Crippen molar-refractivity contribution >= 4 is 11.6 Å². The van der Waals surface area contributed by atoms with Crippen molar-refractivity contribution in [3.63, 3.8) is 0 Å². The Morgan fingerprint density at radius 1 is 1.03 bits per heavy atom. The van der Waals surface area contributed by atoms with E-state index in [0.29, 0.717) is 12.1 Å². The maximum Gasteiger partial charge on any atom is 0.270 e. The molecule has 212 valence electrons. The lowest BCUT2D eigenvalue weighted by Crippen LogP contribution is -2.62. The molecule has 7 nitrogen and oxygen atoms in total. The van der Waals surface area contributed by atoms with Gasteiger partial charge < -0.3 is 16.8 Å². The number of nitrogens with two attached hydrogens (primary N) is 2. The fourth-order valence-electron chi connectivity index (χ4n) is 5.34. The molecule has 2 aromatic heterocycles. The van der Waals surface area contributed by atoms with Gasteiger partial charge in [0.25, 0.3) is 5.91 Å². The molecule has 39 heavy (non-hydrogen) atoms. The number of pyridine rings is 2. The minimum absolute atomic E-state index is 0.0240. The van der Waals surface area contributed by atoms with Gasteiger partial charge in [-0.25, -0.2) is 4.98 Å². The molecule has 0 atom stereocenters. The highest BCUT2D eigenvalue weighted by atomic mass is 16.2. The molecule has 7 heteroatoms. The molecular weight excluding hydrogens is 484 g/mol. The number of rotatable bonds is 5. The molecule has 3 heterocycles. The van der Waals surface area contributed by atoms with Gasteiger partial charge in [0.15, 0.2) is 0 Å². The van der Waals surface area contributed by atoms with Gasteiger partial charge in [-0.15, -0.1) is 0 Å². The quantitative estimate of drug-likeness (QED) is 0.369. The van der Waals surface area contributed by atoms with Crippen LogP contribution in [0.2, 0.25) is 0 Å². The third kappa shape index (κ3) is 7.64. The first-order valence-electron chi connectivity index (χ1n) is 13.8. The Morgan fingerprint density at radius 3 is 2.26 bits per heavy atom. The van der Waals surface area contributed by atoms with E-state index in [1.165, 1.54) is 7.05 Å². The summed E-state index contributed by atoms with van der Waals surface area (Å²) in [6.45, 7) is 14.9. The lowest BCUT2D eigenvalue weighted by Gasteiger charge is -2.53. The third-order valence-corrected chi connectivity index (χ3v) is 7.57. The smallest absolute Gasteiger partial charge is 0.270 e. The number of para-hydroxylation sites is 1. The largest absolute Gasteiger partial charge is 0.398 e. The van der Waals surface area contributed by atoms with Crippen LogP contribution in [0, 0.1) is 6.92 Å². The molecule has 0 bridgehead atoms. The predicted octanol–water partition coefficient (Wildman–Crippen LogP) is 5.61. The minimum atomic E-state index is -0.149. The molecular formula is C32H48N6O. The Bertz CT molecular complexity index is 1200. The number of likely N-dealkylation sites (tertiary alicyclic amines) is 1. The predicted molar refractivity (Wildman–Crippen MR) is 164 cm³/mol. The Balaban J connectivity index is 0.00000127. The summed E-state index contributed by atoms with van der Waals surface area (Å²) >= 11 is 0. The average Bonchev–Trinajstić information content (AvgIpc) is 2.92. The summed E-state index contributed by atoms with van der Waals surface area (Å²) in [6.07, 6.45) is 5.82. The summed E-state index contributed by atoms with van der Waals surface area (Å²) in [5.41, 5.74) is 16.5. The molecule has 1 aliphatic rings. The Labute approximate surface area is 235 Å². The molecule has 0 spiro atoms. The number of hydrogen-bond donors (Lipinski definition) is 3. The second kappa shape index (κ2) is 13.7. The van der Waals surface area contributed by atoms with Crippen molar-refractivity contribution in [1.29, 1.82) is 0 Å². The summed E-state index contributed by atoms with van der Waals surface area (Å²) in [6, 6.07) is 13.9. The number of nitrogens with zero attached hydrogens (tertiary/aromatic N) is 3. The molecule has 4 rings (SSSR count). The highest BCUT2D eigenvalue weighted by molar-refractivity contribution is 5.99. The van der Waals surface area contributed by atoms with E-state index in [-0.39, 0.29) is 23.0 Å². The average molecular weight is 533 g/mol. The second-order valence-electron chi connectivity index (χ2n) is 11.0. The van der Waals surface area contributed by atoms with Gasteiger partial charge in [0.2, 0.25) is 0 Å². The number of benzene rings is 1. The maximum atomic E-state index is 13.7. The molecule has 1 fully saturated rings. The van der Waals surface area contributed by atoms with Gasteiger partial charge >= 0.3 is 0 Å². The van der Waals surface area contributed by atoms with Crippen molar-refractivity contribution in [3.8, 4) is 11.1 Å². The van der Waals surface area contributed by atoms with Crippen LogP contribution in [0.4, 0.5) is 5.69 Å². The van der Waals surface area contributed by atoms with E-state index in [9.17, 15) is 4.79 Å². The Morgan fingerprint density at radius 2 is 1.67 bits per heavy atom. The highest BCUT2D eigenvalue weighted by Crippen LogP contribution is 2.37. The zero-order valence-electron chi connectivity index (χ0n) is 25.3. The van der Waals surface area contributed by atoms with E-state index in [1.54, 1.807) is 12.4 Å². The van der Waals surface area contributed by atoms with Crippen LogP contribution in [0.5, 0.6) is 0 Å². The van der Waals surface area contributed by atoms with Crippen LogP contribution in [0.25, 0.3) is 11.1 Å². The zero-order valence-corrected chi connectivity index (χ0v) is 25.3. The van der Waals surface area contributed by atoms with Gasteiger partial charge in [-0.3, -0.25) is 14.7 Å². The summed E-state index contributed by atoms with van der Waals surface area (Å²) < 4.78 is 0. The number of amides is 1. The van der Waals surface area contributed by atoms with Gasteiger partial charge in [-0.2, -0.15) is 0 Å². The topological polar surface area (TPSA) is 110 Å². The van der Waals surface area contributed by atoms with Crippen molar-refractivity contribution in [2.75, 3.05) is 19.8 Å². The molecule has 0 saturated carbocycles. The van der Waals surface area contributed by atoms with Gasteiger partial charge in [0, 0.05) is 58.4 Å². The summed E-state index contributed by atoms with van der Waals surface area (Å²) in [7, 11) is 3.67. The number of hydrogen-bond acceptors (Lipinski definition) is 6. The normalized spacial score (nSPS) is 16.3. The lowest BCUT2D eigenvalue weighted by atomic mass is 9.77. The molecule has 1 aromatic carbocycles. The van der Waals surface area contributed by atoms with Crippen LogP contribution >= 0.6 is 0 Å². The second-order valence-corrected chi connectivity index (χ2v) is 11.0. The molecule has 0 unspecified atom stereocenters. The van der Waals surface area contributed by atoms with Gasteiger partial charge in [-0.1, -0.05) is 44.2 Å². The number of piperidine rings is 1. The molecule has 1 amide bonds. The summed E-state index contributed by atoms with van der Waals surface area (Å²) in [5.74, 6) is -0.149. The van der Waals surface area contributed by atoms with Crippen molar-refractivity contribution in [2.45, 2.75) is 84.8 Å². The van der Waals surface area contributed by atoms with E-state index >= 15 is 0 Å². The first-order valence-corrected chi connectivity index (χ1v) is 13.8. The number of aryl methyl sites for hydroxylation is 1. The van der Waals surface area contributed by atoms with Crippen LogP contribution in [0.1, 0.15) is 81.7 Å². The minimum Gasteiger partial charge on any atom is -0.398 e. The van der Waals surface area contributed by atoms with E-state index in [0.717, 1.165) is 46.5 Å². The fraction of sp³-hybridized carbons (Fsp3) is 0.469. The van der Waals surface area contributed by atoms with Crippen LogP contribution in [0.3, 0.4) is 0 Å². The van der Waals surface area contributed by atoms with Gasteiger partial charge in [0.05, 0.1) is 0 Å². The zero-order chi connectivity index (χ0) is 29.4. The molecule has 0 radical (unpaired) electrons. The fourth-order valence-corrected chi connectivity index (χ4v) is 5.34. The van der Waals surface area contributed by atoms with E-state index in [2.05, 4.69) is 55.7 Å². The highest BCUT2D eigenvalue weighted by Gasteiger charge is 2.43. The number of carbonyl (C=O) groups excluding carboxylic acids is 1. The molecule has 1 saturated heterocycles. The monoisotopic (exact) mass is 532 g/mol. The standard InChI is InChI=1S/C29H37N5O.C2H6.CH5N/c1-19-9-7-10-20(25(19)30)15-22-12-13-24(21-11-8-14-31-18-21)26(32-22)27(35)33-23-16-28(2,3)34(6)29(4,5)17-23;2*1-2/h7-14,18,23H,15-17,30H2,1-6H3,(H,33,35);1-2H3;2H2,1H3. The van der Waals surface area contributed by atoms with Crippen molar-refractivity contribution in [2.24, 2.45) is 5.73 Å². The molecule has 5 N–H and O–H groups in total. The number of anilines is 1. The third-order valence-electron chi connectivity index (χ3n) is 7.57. The van der Waals surface area contributed by atoms with Crippen LogP contribution in [0.15, 0.2) is 54.9 Å². The van der Waals surface area contributed by atoms with E-state index in [4.69, 9.17) is 10.7 Å². The Hall–Kier alpha value is -3.29. The molecule has 3 aromatic rings. The number of carbonyl (C=O) groups is 1. The summed E-state index contributed by atoms with van der Waals surface area (Å²) in [4.78, 5) is 25.2. The van der Waals surface area contributed by atoms with Crippen molar-refractivity contribution < 1.29 is 4.79 Å². The molecule has 1 aliphatic heterocycles.